The molecule has 2 N–H and O–H groups in total. The van der Waals surface area contributed by atoms with E-state index in [0.29, 0.717) is 6.54 Å². The molecule has 0 aliphatic rings. The fourth-order valence-electron chi connectivity index (χ4n) is 1.86. The van der Waals surface area contributed by atoms with E-state index in [-0.39, 0.29) is 12.4 Å². The molecule has 102 valence electrons. The van der Waals surface area contributed by atoms with Crippen LogP contribution >= 0.6 is 12.4 Å². The lowest BCUT2D eigenvalue weighted by Crippen LogP contribution is -2.21. The highest BCUT2D eigenvalue weighted by Crippen LogP contribution is 2.12. The van der Waals surface area contributed by atoms with Gasteiger partial charge in [-0.05, 0) is 18.1 Å². The molecule has 0 heterocycles. The van der Waals surface area contributed by atoms with Crippen LogP contribution in [-0.4, -0.2) is 11.7 Å². The summed E-state index contributed by atoms with van der Waals surface area (Å²) in [5.41, 5.74) is 3.40. The van der Waals surface area contributed by atoms with Gasteiger partial charge in [0, 0.05) is 13.1 Å². The maximum atomic E-state index is 10.0. The molecule has 0 saturated carbocycles. The Bertz CT molecular complexity index is 470. The van der Waals surface area contributed by atoms with Crippen molar-refractivity contribution in [2.75, 3.05) is 6.54 Å². The van der Waals surface area contributed by atoms with E-state index in [1.807, 2.05) is 49.4 Å². The summed E-state index contributed by atoms with van der Waals surface area (Å²) in [7, 11) is 0. The molecule has 0 radical (unpaired) electrons. The fourth-order valence-corrected chi connectivity index (χ4v) is 1.86. The summed E-state index contributed by atoms with van der Waals surface area (Å²) < 4.78 is 0. The molecule has 1 unspecified atom stereocenters. The first-order chi connectivity index (χ1) is 8.75. The molecule has 0 aliphatic carbocycles. The first-order valence-electron chi connectivity index (χ1n) is 6.25. The predicted molar refractivity (Wildman–Crippen MR) is 81.5 cm³/mol. The van der Waals surface area contributed by atoms with Crippen LogP contribution in [0.5, 0.6) is 0 Å². The van der Waals surface area contributed by atoms with Crippen LogP contribution in [-0.2, 0) is 6.54 Å². The third-order valence-corrected chi connectivity index (χ3v) is 2.97. The second-order valence-electron chi connectivity index (χ2n) is 4.54. The Balaban J connectivity index is 0.00000180. The molecular formula is C16H20ClNO. The average molecular weight is 278 g/mol. The number of rotatable bonds is 5. The molecule has 0 aliphatic heterocycles. The molecule has 0 fully saturated rings. The predicted octanol–water partition coefficient (Wildman–Crippen LogP) is 3.24. The molecule has 0 saturated heterocycles. The summed E-state index contributed by atoms with van der Waals surface area (Å²) in [6.45, 7) is 3.39. The summed E-state index contributed by atoms with van der Waals surface area (Å²) in [6.07, 6.45) is -0.450. The zero-order valence-electron chi connectivity index (χ0n) is 11.0. The third-order valence-electron chi connectivity index (χ3n) is 2.97. The van der Waals surface area contributed by atoms with Gasteiger partial charge in [0.2, 0.25) is 0 Å². The van der Waals surface area contributed by atoms with Crippen LogP contribution in [0.3, 0.4) is 0 Å². The molecule has 2 rings (SSSR count). The number of nitrogens with one attached hydrogen (secondary N) is 1. The van der Waals surface area contributed by atoms with Gasteiger partial charge in [0.05, 0.1) is 6.10 Å². The van der Waals surface area contributed by atoms with E-state index in [0.717, 1.165) is 12.1 Å². The van der Waals surface area contributed by atoms with Gasteiger partial charge in [-0.1, -0.05) is 60.2 Å². The van der Waals surface area contributed by atoms with Gasteiger partial charge in [-0.2, -0.15) is 0 Å². The van der Waals surface area contributed by atoms with Crippen molar-refractivity contribution in [3.05, 3.63) is 71.3 Å². The van der Waals surface area contributed by atoms with Gasteiger partial charge < -0.3 is 10.4 Å². The summed E-state index contributed by atoms with van der Waals surface area (Å²) in [6, 6.07) is 18.2. The highest BCUT2D eigenvalue weighted by Gasteiger charge is 2.06. The van der Waals surface area contributed by atoms with Crippen LogP contribution in [0.2, 0.25) is 0 Å². The highest BCUT2D eigenvalue weighted by molar-refractivity contribution is 5.85. The third kappa shape index (κ3) is 5.03. The Hall–Kier alpha value is -1.35. The Labute approximate surface area is 120 Å². The lowest BCUT2D eigenvalue weighted by atomic mass is 10.1. The number of benzene rings is 2. The minimum Gasteiger partial charge on any atom is -0.387 e. The molecule has 3 heteroatoms. The topological polar surface area (TPSA) is 32.3 Å². The maximum absolute atomic E-state index is 10.0. The molecule has 0 bridgehead atoms. The smallest absolute Gasteiger partial charge is 0.0914 e. The van der Waals surface area contributed by atoms with E-state index in [1.54, 1.807) is 0 Å². The van der Waals surface area contributed by atoms with Crippen molar-refractivity contribution in [1.29, 1.82) is 0 Å². The van der Waals surface area contributed by atoms with Gasteiger partial charge in [0.15, 0.2) is 0 Å². The summed E-state index contributed by atoms with van der Waals surface area (Å²) in [5.74, 6) is 0. The van der Waals surface area contributed by atoms with Crippen molar-refractivity contribution < 1.29 is 5.11 Å². The molecule has 0 aromatic heterocycles. The number of aliphatic hydroxyl groups excluding tert-OH is 1. The van der Waals surface area contributed by atoms with E-state index in [4.69, 9.17) is 0 Å². The number of hydrogen-bond acceptors (Lipinski definition) is 2. The quantitative estimate of drug-likeness (QED) is 0.879. The van der Waals surface area contributed by atoms with Gasteiger partial charge in [-0.3, -0.25) is 0 Å². The number of hydrogen-bond donors (Lipinski definition) is 2. The van der Waals surface area contributed by atoms with Crippen molar-refractivity contribution in [2.45, 2.75) is 19.6 Å². The minimum atomic E-state index is -0.450. The molecule has 2 aromatic carbocycles. The average Bonchev–Trinajstić information content (AvgIpc) is 2.40. The van der Waals surface area contributed by atoms with E-state index in [1.165, 1.54) is 11.1 Å². The van der Waals surface area contributed by atoms with Crippen LogP contribution in [0.15, 0.2) is 54.6 Å². The maximum Gasteiger partial charge on any atom is 0.0914 e. The fraction of sp³-hybridized carbons (Fsp3) is 0.250. The molecule has 1 atom stereocenters. The van der Waals surface area contributed by atoms with Gasteiger partial charge in [0.1, 0.15) is 0 Å². The monoisotopic (exact) mass is 277 g/mol. The Morgan fingerprint density at radius 3 is 2.26 bits per heavy atom. The Morgan fingerprint density at radius 1 is 1.00 bits per heavy atom. The van der Waals surface area contributed by atoms with Crippen LogP contribution in [0.4, 0.5) is 0 Å². The number of aliphatic hydroxyl groups is 1. The van der Waals surface area contributed by atoms with Crippen molar-refractivity contribution in [1.82, 2.24) is 5.32 Å². The number of halogens is 1. The molecular weight excluding hydrogens is 258 g/mol. The minimum absolute atomic E-state index is 0. The van der Waals surface area contributed by atoms with Crippen molar-refractivity contribution in [3.8, 4) is 0 Å². The molecule has 2 aromatic rings. The van der Waals surface area contributed by atoms with Gasteiger partial charge in [-0.25, -0.2) is 0 Å². The summed E-state index contributed by atoms with van der Waals surface area (Å²) in [4.78, 5) is 0. The largest absolute Gasteiger partial charge is 0.387 e. The number of aryl methyl sites for hydroxylation is 1. The summed E-state index contributed by atoms with van der Waals surface area (Å²) >= 11 is 0. The standard InChI is InChI=1S/C16H19NO.ClH/c1-13-7-9-15(10-8-13)16(18)12-17-11-14-5-3-2-4-6-14;/h2-10,16-18H,11-12H2,1H3;1H. The highest BCUT2D eigenvalue weighted by atomic mass is 35.5. The Morgan fingerprint density at radius 2 is 1.63 bits per heavy atom. The zero-order valence-corrected chi connectivity index (χ0v) is 11.9. The van der Waals surface area contributed by atoms with E-state index in [9.17, 15) is 5.11 Å². The first-order valence-corrected chi connectivity index (χ1v) is 6.25. The second kappa shape index (κ2) is 7.95. The molecule has 2 nitrogen and oxygen atoms in total. The lowest BCUT2D eigenvalue weighted by Gasteiger charge is -2.12. The SMILES string of the molecule is Cc1ccc(C(O)CNCc2ccccc2)cc1.Cl. The lowest BCUT2D eigenvalue weighted by molar-refractivity contribution is 0.174. The van der Waals surface area contributed by atoms with Crippen LogP contribution in [0.1, 0.15) is 22.8 Å². The Kier molecular flexibility index (Phi) is 6.57. The van der Waals surface area contributed by atoms with Crippen LogP contribution in [0.25, 0.3) is 0 Å². The first kappa shape index (κ1) is 15.7. The zero-order chi connectivity index (χ0) is 12.8. The van der Waals surface area contributed by atoms with E-state index >= 15 is 0 Å². The molecule has 0 amide bonds. The van der Waals surface area contributed by atoms with Crippen LogP contribution in [0, 0.1) is 6.92 Å². The molecule has 0 spiro atoms. The second-order valence-corrected chi connectivity index (χ2v) is 4.54. The van der Waals surface area contributed by atoms with Crippen LogP contribution < -0.4 is 5.32 Å². The normalized spacial score (nSPS) is 11.7. The van der Waals surface area contributed by atoms with Crippen molar-refractivity contribution >= 4 is 12.4 Å². The van der Waals surface area contributed by atoms with Gasteiger partial charge in [0.25, 0.3) is 0 Å². The van der Waals surface area contributed by atoms with Gasteiger partial charge >= 0.3 is 0 Å². The van der Waals surface area contributed by atoms with E-state index < -0.39 is 6.10 Å². The van der Waals surface area contributed by atoms with Crippen molar-refractivity contribution in [2.24, 2.45) is 0 Å². The molecule has 19 heavy (non-hydrogen) atoms. The summed E-state index contributed by atoms with van der Waals surface area (Å²) in [5, 5.41) is 13.3. The van der Waals surface area contributed by atoms with E-state index in [2.05, 4.69) is 17.4 Å². The van der Waals surface area contributed by atoms with Gasteiger partial charge in [-0.15, -0.1) is 12.4 Å². The van der Waals surface area contributed by atoms with Crippen molar-refractivity contribution in [3.63, 3.8) is 0 Å².